The van der Waals surface area contributed by atoms with Gasteiger partial charge in [0, 0.05) is 12.7 Å². The SMILES string of the molecule is C=CC(=O)OCCCCCCOC1CCC(C2CCC(O)CC2)CC1. The number of ether oxygens (including phenoxy) is 2. The van der Waals surface area contributed by atoms with Crippen molar-refractivity contribution in [2.45, 2.75) is 89.3 Å². The van der Waals surface area contributed by atoms with Crippen molar-refractivity contribution >= 4 is 5.97 Å². The molecule has 0 saturated heterocycles. The Morgan fingerprint density at radius 3 is 2.04 bits per heavy atom. The van der Waals surface area contributed by atoms with Gasteiger partial charge in [0.15, 0.2) is 0 Å². The van der Waals surface area contributed by atoms with E-state index in [9.17, 15) is 9.90 Å². The van der Waals surface area contributed by atoms with Crippen LogP contribution in [0.5, 0.6) is 0 Å². The van der Waals surface area contributed by atoms with Gasteiger partial charge in [0.2, 0.25) is 0 Å². The Morgan fingerprint density at radius 1 is 0.880 bits per heavy atom. The van der Waals surface area contributed by atoms with Gasteiger partial charge in [-0.15, -0.1) is 0 Å². The van der Waals surface area contributed by atoms with E-state index in [0.29, 0.717) is 12.7 Å². The van der Waals surface area contributed by atoms with Crippen LogP contribution in [-0.4, -0.2) is 36.5 Å². The molecular weight excluding hydrogens is 316 g/mol. The fourth-order valence-electron chi connectivity index (χ4n) is 4.34. The van der Waals surface area contributed by atoms with Gasteiger partial charge in [0.05, 0.1) is 18.8 Å². The average molecular weight is 353 g/mol. The van der Waals surface area contributed by atoms with Gasteiger partial charge in [-0.2, -0.15) is 0 Å². The molecule has 4 nitrogen and oxygen atoms in total. The standard InChI is InChI=1S/C21H36O4/c1-2-21(23)25-16-6-4-3-5-15-24-20-13-9-18(10-14-20)17-7-11-19(22)12-8-17/h2,17-20,22H,1,3-16H2. The Morgan fingerprint density at radius 2 is 1.44 bits per heavy atom. The monoisotopic (exact) mass is 352 g/mol. The lowest BCUT2D eigenvalue weighted by molar-refractivity contribution is -0.137. The molecule has 0 amide bonds. The molecule has 0 atom stereocenters. The van der Waals surface area contributed by atoms with Crippen molar-refractivity contribution in [3.8, 4) is 0 Å². The van der Waals surface area contributed by atoms with Gasteiger partial charge in [-0.3, -0.25) is 0 Å². The Balaban J connectivity index is 1.43. The van der Waals surface area contributed by atoms with Gasteiger partial charge < -0.3 is 14.6 Å². The van der Waals surface area contributed by atoms with Crippen molar-refractivity contribution in [1.29, 1.82) is 0 Å². The van der Waals surface area contributed by atoms with Crippen LogP contribution in [0.4, 0.5) is 0 Å². The normalized spacial score (nSPS) is 30.0. The maximum Gasteiger partial charge on any atom is 0.330 e. The molecule has 0 bridgehead atoms. The molecule has 0 unspecified atom stereocenters. The zero-order valence-electron chi connectivity index (χ0n) is 15.7. The van der Waals surface area contributed by atoms with Crippen LogP contribution in [-0.2, 0) is 14.3 Å². The summed E-state index contributed by atoms with van der Waals surface area (Å²) in [6.45, 7) is 4.73. The molecule has 0 aromatic heterocycles. The van der Waals surface area contributed by atoms with Crippen LogP contribution in [0, 0.1) is 11.8 Å². The van der Waals surface area contributed by atoms with E-state index in [1.807, 2.05) is 0 Å². The van der Waals surface area contributed by atoms with E-state index in [-0.39, 0.29) is 12.1 Å². The summed E-state index contributed by atoms with van der Waals surface area (Å²) in [5.41, 5.74) is 0. The third kappa shape index (κ3) is 7.91. The van der Waals surface area contributed by atoms with Crippen molar-refractivity contribution in [3.63, 3.8) is 0 Å². The van der Waals surface area contributed by atoms with E-state index < -0.39 is 0 Å². The molecule has 144 valence electrons. The van der Waals surface area contributed by atoms with Crippen LogP contribution in [0.15, 0.2) is 12.7 Å². The molecule has 0 aromatic rings. The Labute approximate surface area is 153 Å². The number of aliphatic hydroxyl groups is 1. The molecule has 0 aliphatic heterocycles. The van der Waals surface area contributed by atoms with E-state index in [1.54, 1.807) is 0 Å². The first kappa shape index (κ1) is 20.4. The molecule has 2 rings (SSSR count). The van der Waals surface area contributed by atoms with E-state index in [0.717, 1.165) is 57.0 Å². The van der Waals surface area contributed by atoms with Crippen molar-refractivity contribution in [2.75, 3.05) is 13.2 Å². The number of hydrogen-bond donors (Lipinski definition) is 1. The fraction of sp³-hybridized carbons (Fsp3) is 0.857. The summed E-state index contributed by atoms with van der Waals surface area (Å²) in [7, 11) is 0. The summed E-state index contributed by atoms with van der Waals surface area (Å²) in [5, 5.41) is 9.65. The summed E-state index contributed by atoms with van der Waals surface area (Å²) in [5.74, 6) is 1.38. The number of carbonyl (C=O) groups is 1. The third-order valence-electron chi connectivity index (χ3n) is 5.93. The highest BCUT2D eigenvalue weighted by Crippen LogP contribution is 2.38. The minimum atomic E-state index is -0.330. The molecule has 0 aromatic carbocycles. The van der Waals surface area contributed by atoms with Crippen LogP contribution >= 0.6 is 0 Å². The zero-order chi connectivity index (χ0) is 17.9. The molecule has 4 heteroatoms. The minimum absolute atomic E-state index is 0.0371. The van der Waals surface area contributed by atoms with Crippen LogP contribution in [0.3, 0.4) is 0 Å². The lowest BCUT2D eigenvalue weighted by Crippen LogP contribution is -2.29. The summed E-state index contributed by atoms with van der Waals surface area (Å²) < 4.78 is 11.0. The van der Waals surface area contributed by atoms with E-state index in [4.69, 9.17) is 9.47 Å². The second-order valence-corrected chi connectivity index (χ2v) is 7.76. The Hall–Kier alpha value is -0.870. The number of esters is 1. The van der Waals surface area contributed by atoms with Gasteiger partial charge in [0.25, 0.3) is 0 Å². The summed E-state index contributed by atoms with van der Waals surface area (Å²) in [4.78, 5) is 10.9. The van der Waals surface area contributed by atoms with Crippen molar-refractivity contribution in [3.05, 3.63) is 12.7 Å². The minimum Gasteiger partial charge on any atom is -0.463 e. The molecule has 2 aliphatic rings. The van der Waals surface area contributed by atoms with Crippen molar-refractivity contribution in [1.82, 2.24) is 0 Å². The highest BCUT2D eigenvalue weighted by molar-refractivity contribution is 5.81. The lowest BCUT2D eigenvalue weighted by Gasteiger charge is -2.36. The summed E-state index contributed by atoms with van der Waals surface area (Å²) >= 11 is 0. The molecule has 2 saturated carbocycles. The van der Waals surface area contributed by atoms with Crippen LogP contribution in [0.25, 0.3) is 0 Å². The molecule has 0 heterocycles. The van der Waals surface area contributed by atoms with E-state index in [1.165, 1.54) is 44.6 Å². The summed E-state index contributed by atoms with van der Waals surface area (Å²) in [6, 6.07) is 0. The highest BCUT2D eigenvalue weighted by atomic mass is 16.5. The van der Waals surface area contributed by atoms with Crippen LogP contribution in [0.1, 0.15) is 77.0 Å². The van der Waals surface area contributed by atoms with E-state index in [2.05, 4.69) is 6.58 Å². The quantitative estimate of drug-likeness (QED) is 0.360. The average Bonchev–Trinajstić information content (AvgIpc) is 2.65. The molecule has 2 aliphatic carbocycles. The number of rotatable bonds is 10. The first-order valence-electron chi connectivity index (χ1n) is 10.3. The van der Waals surface area contributed by atoms with Gasteiger partial charge in [-0.05, 0) is 82.5 Å². The zero-order valence-corrected chi connectivity index (χ0v) is 15.7. The first-order valence-corrected chi connectivity index (χ1v) is 10.3. The van der Waals surface area contributed by atoms with E-state index >= 15 is 0 Å². The predicted octanol–water partition coefficient (Wildman–Crippen LogP) is 4.40. The molecule has 0 radical (unpaired) electrons. The van der Waals surface area contributed by atoms with Crippen LogP contribution in [0.2, 0.25) is 0 Å². The molecular formula is C21H36O4. The number of aliphatic hydroxyl groups excluding tert-OH is 1. The number of hydrogen-bond acceptors (Lipinski definition) is 4. The Bertz CT molecular complexity index is 379. The third-order valence-corrected chi connectivity index (χ3v) is 5.93. The second-order valence-electron chi connectivity index (χ2n) is 7.76. The first-order chi connectivity index (χ1) is 12.2. The second kappa shape index (κ2) is 11.7. The molecule has 25 heavy (non-hydrogen) atoms. The molecule has 1 N–H and O–H groups in total. The summed E-state index contributed by atoms with van der Waals surface area (Å²) in [6.07, 6.45) is 15.3. The number of carbonyl (C=O) groups excluding carboxylic acids is 1. The predicted molar refractivity (Wildman–Crippen MR) is 99.3 cm³/mol. The maximum atomic E-state index is 10.9. The van der Waals surface area contributed by atoms with Crippen molar-refractivity contribution in [2.24, 2.45) is 11.8 Å². The molecule has 0 spiro atoms. The fourth-order valence-corrected chi connectivity index (χ4v) is 4.34. The highest BCUT2D eigenvalue weighted by Gasteiger charge is 2.30. The van der Waals surface area contributed by atoms with Gasteiger partial charge in [-0.25, -0.2) is 4.79 Å². The number of unbranched alkanes of at least 4 members (excludes halogenated alkanes) is 3. The van der Waals surface area contributed by atoms with Gasteiger partial charge >= 0.3 is 5.97 Å². The smallest absolute Gasteiger partial charge is 0.330 e. The van der Waals surface area contributed by atoms with Crippen molar-refractivity contribution < 1.29 is 19.4 Å². The van der Waals surface area contributed by atoms with Gasteiger partial charge in [0.1, 0.15) is 0 Å². The lowest BCUT2D eigenvalue weighted by atomic mass is 9.72. The topological polar surface area (TPSA) is 55.8 Å². The molecule has 2 fully saturated rings. The van der Waals surface area contributed by atoms with Gasteiger partial charge in [-0.1, -0.05) is 13.0 Å². The Kier molecular flexibility index (Phi) is 9.56. The van der Waals surface area contributed by atoms with Crippen LogP contribution < -0.4 is 0 Å². The largest absolute Gasteiger partial charge is 0.463 e. The maximum absolute atomic E-state index is 10.9.